The summed E-state index contributed by atoms with van der Waals surface area (Å²) in [6.45, 7) is 0. The Balaban J connectivity index is 4.51. The van der Waals surface area contributed by atoms with E-state index in [4.69, 9.17) is 0 Å². The van der Waals surface area contributed by atoms with Gasteiger partial charge in [-0.05, 0) is 18.4 Å². The van der Waals surface area contributed by atoms with Crippen molar-refractivity contribution < 1.29 is 40.7 Å². The molecule has 0 spiro atoms. The summed E-state index contributed by atoms with van der Waals surface area (Å²) in [6, 6.07) is -0.961. The highest BCUT2D eigenvalue weighted by Gasteiger charge is 2.46. The molecule has 0 saturated carbocycles. The highest BCUT2D eigenvalue weighted by atomic mass is 32.2. The van der Waals surface area contributed by atoms with Gasteiger partial charge in [0.25, 0.3) is 0 Å². The van der Waals surface area contributed by atoms with Crippen molar-refractivity contribution in [3.63, 3.8) is 0 Å². The maximum absolute atomic E-state index is 12.1. The topological polar surface area (TPSA) is 119 Å². The standard InChI is InChI=1S/C11H17F3N2O6S2/c1-22-10(19)7(5-6-23-2)15-8(17)3-4-9(18)16-24(20,21)11(12,13)14/h7H,3-6H2,1-2H3,(H,15,17)(H,16,18). The molecule has 0 bridgehead atoms. The van der Waals surface area contributed by atoms with Crippen LogP contribution >= 0.6 is 11.8 Å². The molecule has 0 rings (SSSR count). The zero-order valence-electron chi connectivity index (χ0n) is 12.8. The van der Waals surface area contributed by atoms with Gasteiger partial charge in [0.2, 0.25) is 11.8 Å². The van der Waals surface area contributed by atoms with Crippen LogP contribution in [0.3, 0.4) is 0 Å². The van der Waals surface area contributed by atoms with Crippen molar-refractivity contribution in [2.45, 2.75) is 30.8 Å². The number of nitrogens with one attached hydrogen (secondary N) is 2. The van der Waals surface area contributed by atoms with Crippen molar-refractivity contribution in [3.05, 3.63) is 0 Å². The van der Waals surface area contributed by atoms with Crippen LogP contribution in [0.15, 0.2) is 0 Å². The van der Waals surface area contributed by atoms with E-state index < -0.39 is 52.2 Å². The number of carbonyl (C=O) groups is 3. The molecule has 2 amide bonds. The van der Waals surface area contributed by atoms with E-state index in [1.54, 1.807) is 6.26 Å². The molecule has 24 heavy (non-hydrogen) atoms. The lowest BCUT2D eigenvalue weighted by atomic mass is 10.2. The van der Waals surface area contributed by atoms with E-state index >= 15 is 0 Å². The van der Waals surface area contributed by atoms with Gasteiger partial charge in [-0.15, -0.1) is 0 Å². The Morgan fingerprint density at radius 2 is 1.71 bits per heavy atom. The number of amides is 2. The van der Waals surface area contributed by atoms with E-state index in [2.05, 4.69) is 10.1 Å². The average Bonchev–Trinajstić information content (AvgIpc) is 2.46. The Bertz CT molecular complexity index is 565. The van der Waals surface area contributed by atoms with Gasteiger partial charge in [0, 0.05) is 12.8 Å². The molecular formula is C11H17F3N2O6S2. The number of ether oxygens (including phenoxy) is 1. The fraction of sp³-hybridized carbons (Fsp3) is 0.727. The maximum atomic E-state index is 12.1. The molecule has 0 saturated heterocycles. The van der Waals surface area contributed by atoms with Gasteiger partial charge in [0.05, 0.1) is 7.11 Å². The van der Waals surface area contributed by atoms with Crippen LogP contribution in [0.2, 0.25) is 0 Å². The van der Waals surface area contributed by atoms with Crippen molar-refractivity contribution >= 4 is 39.6 Å². The number of carbonyl (C=O) groups excluding carboxylic acids is 3. The predicted octanol–water partition coefficient (Wildman–Crippen LogP) is 0.143. The average molecular weight is 394 g/mol. The first-order valence-corrected chi connectivity index (χ1v) is 9.30. The van der Waals surface area contributed by atoms with Crippen LogP contribution in [-0.4, -0.2) is 56.9 Å². The number of hydrogen-bond acceptors (Lipinski definition) is 7. The lowest BCUT2D eigenvalue weighted by molar-refractivity contribution is -0.145. The number of rotatable bonds is 9. The molecule has 0 aliphatic rings. The third kappa shape index (κ3) is 7.86. The van der Waals surface area contributed by atoms with Gasteiger partial charge in [0.15, 0.2) is 0 Å². The monoisotopic (exact) mass is 394 g/mol. The number of esters is 1. The van der Waals surface area contributed by atoms with Gasteiger partial charge in [-0.2, -0.15) is 33.4 Å². The summed E-state index contributed by atoms with van der Waals surface area (Å²) >= 11 is 1.42. The van der Waals surface area contributed by atoms with Crippen LogP contribution in [-0.2, 0) is 29.1 Å². The molecule has 0 radical (unpaired) electrons. The normalized spacial score (nSPS) is 13.0. The number of alkyl halides is 3. The third-order valence-electron chi connectivity index (χ3n) is 2.56. The first-order valence-electron chi connectivity index (χ1n) is 6.42. The second-order valence-electron chi connectivity index (χ2n) is 4.40. The molecule has 0 aromatic carbocycles. The molecule has 1 unspecified atom stereocenters. The van der Waals surface area contributed by atoms with Crippen molar-refractivity contribution in [1.82, 2.24) is 10.0 Å². The Morgan fingerprint density at radius 3 is 2.17 bits per heavy atom. The molecule has 13 heteroatoms. The molecular weight excluding hydrogens is 377 g/mol. The molecule has 1 atom stereocenters. The molecule has 0 fully saturated rings. The molecule has 140 valence electrons. The summed E-state index contributed by atoms with van der Waals surface area (Å²) in [4.78, 5) is 34.3. The number of methoxy groups -OCH3 is 1. The Kier molecular flexibility index (Phi) is 9.11. The number of hydrogen-bond donors (Lipinski definition) is 2. The Labute approximate surface area is 140 Å². The number of halogens is 3. The fourth-order valence-corrected chi connectivity index (χ4v) is 2.37. The van der Waals surface area contributed by atoms with Gasteiger partial charge in [0.1, 0.15) is 6.04 Å². The van der Waals surface area contributed by atoms with Crippen LogP contribution < -0.4 is 10.0 Å². The van der Waals surface area contributed by atoms with E-state index in [1.165, 1.54) is 11.8 Å². The van der Waals surface area contributed by atoms with E-state index in [1.807, 2.05) is 0 Å². The van der Waals surface area contributed by atoms with Crippen molar-refractivity contribution in [2.75, 3.05) is 19.1 Å². The quantitative estimate of drug-likeness (QED) is 0.534. The lowest BCUT2D eigenvalue weighted by Gasteiger charge is -2.16. The molecule has 0 heterocycles. The predicted molar refractivity (Wildman–Crippen MR) is 79.3 cm³/mol. The second kappa shape index (κ2) is 9.71. The van der Waals surface area contributed by atoms with Crippen LogP contribution in [0, 0.1) is 0 Å². The summed E-state index contributed by atoms with van der Waals surface area (Å²) < 4.78 is 62.9. The molecule has 0 aliphatic heterocycles. The molecule has 0 aromatic heterocycles. The smallest absolute Gasteiger partial charge is 0.467 e. The minimum Gasteiger partial charge on any atom is -0.467 e. The Hall–Kier alpha value is -1.50. The van der Waals surface area contributed by atoms with Gasteiger partial charge < -0.3 is 10.1 Å². The zero-order valence-corrected chi connectivity index (χ0v) is 14.4. The Morgan fingerprint density at radius 1 is 1.17 bits per heavy atom. The minimum absolute atomic E-state index is 0.258. The van der Waals surface area contributed by atoms with Gasteiger partial charge in [-0.25, -0.2) is 9.52 Å². The summed E-state index contributed by atoms with van der Waals surface area (Å²) in [5, 5.41) is 2.27. The summed E-state index contributed by atoms with van der Waals surface area (Å²) in [6.07, 6.45) is 0.652. The molecule has 2 N–H and O–H groups in total. The van der Waals surface area contributed by atoms with E-state index in [9.17, 15) is 36.0 Å². The van der Waals surface area contributed by atoms with E-state index in [0.717, 1.165) is 11.8 Å². The molecule has 0 aliphatic carbocycles. The summed E-state index contributed by atoms with van der Waals surface area (Å²) in [5.74, 6) is -2.46. The second-order valence-corrected chi connectivity index (χ2v) is 7.06. The van der Waals surface area contributed by atoms with Crippen LogP contribution in [0.4, 0.5) is 13.2 Å². The fourth-order valence-electron chi connectivity index (χ4n) is 1.38. The van der Waals surface area contributed by atoms with Gasteiger partial charge in [-0.1, -0.05) is 0 Å². The van der Waals surface area contributed by atoms with Gasteiger partial charge >= 0.3 is 21.5 Å². The van der Waals surface area contributed by atoms with Gasteiger partial charge in [-0.3, -0.25) is 9.59 Å². The highest BCUT2D eigenvalue weighted by Crippen LogP contribution is 2.21. The lowest BCUT2D eigenvalue weighted by Crippen LogP contribution is -2.43. The van der Waals surface area contributed by atoms with Crippen molar-refractivity contribution in [3.8, 4) is 0 Å². The van der Waals surface area contributed by atoms with Crippen molar-refractivity contribution in [1.29, 1.82) is 0 Å². The van der Waals surface area contributed by atoms with Crippen molar-refractivity contribution in [2.24, 2.45) is 0 Å². The first kappa shape index (κ1) is 22.5. The van der Waals surface area contributed by atoms with Crippen LogP contribution in [0.25, 0.3) is 0 Å². The SMILES string of the molecule is COC(=O)C(CCSC)NC(=O)CCC(=O)NS(=O)(=O)C(F)(F)F. The molecule has 0 aromatic rings. The third-order valence-corrected chi connectivity index (χ3v) is 4.31. The molecule has 8 nitrogen and oxygen atoms in total. The summed E-state index contributed by atoms with van der Waals surface area (Å²) in [5.41, 5.74) is -5.63. The highest BCUT2D eigenvalue weighted by molar-refractivity contribution is 7.98. The van der Waals surface area contributed by atoms with E-state index in [0.29, 0.717) is 5.75 Å². The zero-order chi connectivity index (χ0) is 19.0. The van der Waals surface area contributed by atoms with Crippen LogP contribution in [0.1, 0.15) is 19.3 Å². The largest absolute Gasteiger partial charge is 0.516 e. The maximum Gasteiger partial charge on any atom is 0.516 e. The first-order chi connectivity index (χ1) is 10.9. The number of sulfonamides is 1. The summed E-state index contributed by atoms with van der Waals surface area (Å²) in [7, 11) is -4.68. The minimum atomic E-state index is -5.81. The van der Waals surface area contributed by atoms with E-state index in [-0.39, 0.29) is 6.42 Å². The number of thioether (sulfide) groups is 1. The van der Waals surface area contributed by atoms with Crippen LogP contribution in [0.5, 0.6) is 0 Å².